The SMILES string of the molecule is CCCCCCCCCCCCCCCCC(CO)NC(=O)CCCCCCCCCCC(=O)CCCCCCCCCCCCC. The zero-order valence-corrected chi connectivity index (χ0v) is 32.2. The van der Waals surface area contributed by atoms with E-state index in [4.69, 9.17) is 0 Å². The molecule has 4 heteroatoms. The Balaban J connectivity index is 3.42. The van der Waals surface area contributed by atoms with Gasteiger partial charge >= 0.3 is 0 Å². The molecule has 0 heterocycles. The molecule has 0 aromatic heterocycles. The van der Waals surface area contributed by atoms with Gasteiger partial charge in [-0.25, -0.2) is 0 Å². The van der Waals surface area contributed by atoms with E-state index in [-0.39, 0.29) is 18.6 Å². The number of unbranched alkanes of at least 4 members (excludes halogenated alkanes) is 30. The molecule has 0 fully saturated rings. The number of nitrogens with one attached hydrogen (secondary N) is 1. The molecule has 0 rings (SSSR count). The van der Waals surface area contributed by atoms with Gasteiger partial charge in [0.05, 0.1) is 12.6 Å². The van der Waals surface area contributed by atoms with E-state index in [9.17, 15) is 14.7 Å². The van der Waals surface area contributed by atoms with Crippen molar-refractivity contribution in [3.05, 3.63) is 0 Å². The molecule has 2 N–H and O–H groups in total. The molecule has 280 valence electrons. The first-order valence-corrected chi connectivity index (χ1v) is 21.6. The number of aliphatic hydroxyl groups is 1. The number of rotatable bonds is 40. The molecule has 47 heavy (non-hydrogen) atoms. The van der Waals surface area contributed by atoms with Gasteiger partial charge in [0, 0.05) is 19.3 Å². The van der Waals surface area contributed by atoms with Crippen molar-refractivity contribution < 1.29 is 14.7 Å². The summed E-state index contributed by atoms with van der Waals surface area (Å²) in [7, 11) is 0. The Hall–Kier alpha value is -0.900. The van der Waals surface area contributed by atoms with Crippen LogP contribution in [0.2, 0.25) is 0 Å². The van der Waals surface area contributed by atoms with Crippen LogP contribution in [0, 0.1) is 0 Å². The number of amides is 1. The summed E-state index contributed by atoms with van der Waals surface area (Å²) in [5.74, 6) is 0.578. The third kappa shape index (κ3) is 37.8. The van der Waals surface area contributed by atoms with Crippen molar-refractivity contribution in [1.82, 2.24) is 5.32 Å². The smallest absolute Gasteiger partial charge is 0.220 e. The third-order valence-corrected chi connectivity index (χ3v) is 10.2. The highest BCUT2D eigenvalue weighted by molar-refractivity contribution is 5.78. The second-order valence-corrected chi connectivity index (χ2v) is 15.0. The standard InChI is InChI=1S/C43H85NO3/c1-3-5-7-9-11-13-15-16-17-19-20-24-28-32-36-41(40-45)44-43(47)39-35-31-27-23-22-26-30-34-38-42(46)37-33-29-25-21-18-14-12-10-8-6-4-2/h41,45H,3-40H2,1-2H3,(H,44,47). The van der Waals surface area contributed by atoms with Crippen LogP contribution >= 0.6 is 0 Å². The highest BCUT2D eigenvalue weighted by atomic mass is 16.3. The summed E-state index contributed by atoms with van der Waals surface area (Å²) >= 11 is 0. The summed E-state index contributed by atoms with van der Waals surface area (Å²) in [6, 6.07) is -0.0774. The summed E-state index contributed by atoms with van der Waals surface area (Å²) in [6.07, 6.45) is 45.8. The fourth-order valence-electron chi connectivity index (χ4n) is 6.87. The lowest BCUT2D eigenvalue weighted by molar-refractivity contribution is -0.122. The van der Waals surface area contributed by atoms with Gasteiger partial charge in [0.25, 0.3) is 0 Å². The van der Waals surface area contributed by atoms with Crippen LogP contribution in [0.1, 0.15) is 251 Å². The van der Waals surface area contributed by atoms with E-state index in [1.54, 1.807) is 0 Å². The predicted octanol–water partition coefficient (Wildman–Crippen LogP) is 13.5. The molecular formula is C43H85NO3. The van der Waals surface area contributed by atoms with Gasteiger partial charge in [-0.15, -0.1) is 0 Å². The number of hydrogen-bond acceptors (Lipinski definition) is 3. The maximum absolute atomic E-state index is 12.3. The Labute approximate surface area is 295 Å². The second-order valence-electron chi connectivity index (χ2n) is 15.0. The first kappa shape index (κ1) is 46.1. The molecule has 0 radical (unpaired) electrons. The molecule has 1 unspecified atom stereocenters. The van der Waals surface area contributed by atoms with E-state index in [2.05, 4.69) is 19.2 Å². The summed E-state index contributed by atoms with van der Waals surface area (Å²) < 4.78 is 0. The largest absolute Gasteiger partial charge is 0.394 e. The highest BCUT2D eigenvalue weighted by Crippen LogP contribution is 2.16. The van der Waals surface area contributed by atoms with Gasteiger partial charge in [-0.3, -0.25) is 9.59 Å². The predicted molar refractivity (Wildman–Crippen MR) is 206 cm³/mol. The van der Waals surface area contributed by atoms with Crippen LogP contribution in [-0.2, 0) is 9.59 Å². The highest BCUT2D eigenvalue weighted by Gasteiger charge is 2.11. The van der Waals surface area contributed by atoms with Gasteiger partial charge in [0.2, 0.25) is 5.91 Å². The lowest BCUT2D eigenvalue weighted by Crippen LogP contribution is -2.37. The zero-order valence-electron chi connectivity index (χ0n) is 32.2. The molecule has 1 amide bonds. The Morgan fingerprint density at radius 1 is 0.404 bits per heavy atom. The lowest BCUT2D eigenvalue weighted by Gasteiger charge is -2.16. The molecule has 0 saturated heterocycles. The van der Waals surface area contributed by atoms with E-state index in [0.29, 0.717) is 12.2 Å². The van der Waals surface area contributed by atoms with Crippen molar-refractivity contribution >= 4 is 11.7 Å². The minimum Gasteiger partial charge on any atom is -0.394 e. The molecular weight excluding hydrogens is 578 g/mol. The molecule has 1 atom stereocenters. The van der Waals surface area contributed by atoms with E-state index in [1.807, 2.05) is 0 Å². The molecule has 0 aliphatic heterocycles. The molecule has 0 saturated carbocycles. The van der Waals surface area contributed by atoms with Gasteiger partial charge in [-0.1, -0.05) is 206 Å². The number of ketones is 1. The first-order valence-electron chi connectivity index (χ1n) is 21.6. The quantitative estimate of drug-likeness (QED) is 0.0641. The topological polar surface area (TPSA) is 66.4 Å². The monoisotopic (exact) mass is 664 g/mol. The van der Waals surface area contributed by atoms with Crippen LogP contribution in [0.25, 0.3) is 0 Å². The number of aliphatic hydroxyl groups excluding tert-OH is 1. The summed E-state index contributed by atoms with van der Waals surface area (Å²) in [5, 5.41) is 12.8. The Morgan fingerprint density at radius 2 is 0.681 bits per heavy atom. The Bertz CT molecular complexity index is 637. The Morgan fingerprint density at radius 3 is 1.00 bits per heavy atom. The maximum Gasteiger partial charge on any atom is 0.220 e. The fraction of sp³-hybridized carbons (Fsp3) is 0.953. The number of carbonyl (C=O) groups excluding carboxylic acids is 2. The van der Waals surface area contributed by atoms with Crippen LogP contribution in [0.3, 0.4) is 0 Å². The van der Waals surface area contributed by atoms with Crippen LogP contribution in [0.4, 0.5) is 0 Å². The Kier molecular flexibility index (Phi) is 38.8. The van der Waals surface area contributed by atoms with Crippen molar-refractivity contribution in [2.45, 2.75) is 257 Å². The van der Waals surface area contributed by atoms with E-state index in [0.717, 1.165) is 51.4 Å². The van der Waals surface area contributed by atoms with E-state index in [1.165, 1.54) is 180 Å². The molecule has 0 bridgehead atoms. The van der Waals surface area contributed by atoms with Crippen LogP contribution in [0.5, 0.6) is 0 Å². The lowest BCUT2D eigenvalue weighted by atomic mass is 10.0. The summed E-state index contributed by atoms with van der Waals surface area (Å²) in [5.41, 5.74) is 0. The van der Waals surface area contributed by atoms with Crippen molar-refractivity contribution in [3.8, 4) is 0 Å². The van der Waals surface area contributed by atoms with Gasteiger partial charge < -0.3 is 10.4 Å². The van der Waals surface area contributed by atoms with Gasteiger partial charge in [-0.2, -0.15) is 0 Å². The van der Waals surface area contributed by atoms with Gasteiger partial charge in [-0.05, 0) is 25.7 Å². The average Bonchev–Trinajstić information content (AvgIpc) is 3.07. The number of Topliss-reactive ketones (excluding diaryl/α,β-unsaturated/α-hetero) is 1. The number of hydrogen-bond donors (Lipinski definition) is 2. The first-order chi connectivity index (χ1) is 23.1. The average molecular weight is 664 g/mol. The molecule has 0 spiro atoms. The fourth-order valence-corrected chi connectivity index (χ4v) is 6.87. The maximum atomic E-state index is 12.3. The second kappa shape index (κ2) is 39.5. The van der Waals surface area contributed by atoms with Crippen molar-refractivity contribution in [3.63, 3.8) is 0 Å². The molecule has 0 aliphatic rings. The van der Waals surface area contributed by atoms with Crippen LogP contribution < -0.4 is 5.32 Å². The van der Waals surface area contributed by atoms with Crippen molar-refractivity contribution in [2.75, 3.05) is 6.61 Å². The minimum atomic E-state index is -0.0774. The minimum absolute atomic E-state index is 0.0507. The zero-order chi connectivity index (χ0) is 34.3. The van der Waals surface area contributed by atoms with Gasteiger partial charge in [0.1, 0.15) is 5.78 Å². The van der Waals surface area contributed by atoms with Crippen LogP contribution in [-0.4, -0.2) is 29.4 Å². The molecule has 0 aliphatic carbocycles. The van der Waals surface area contributed by atoms with E-state index < -0.39 is 0 Å². The summed E-state index contributed by atoms with van der Waals surface area (Å²) in [6.45, 7) is 4.61. The third-order valence-electron chi connectivity index (χ3n) is 10.2. The van der Waals surface area contributed by atoms with Crippen molar-refractivity contribution in [1.29, 1.82) is 0 Å². The normalized spacial score (nSPS) is 12.1. The molecule has 4 nitrogen and oxygen atoms in total. The molecule has 0 aromatic carbocycles. The molecule has 0 aromatic rings. The number of carbonyl (C=O) groups is 2. The van der Waals surface area contributed by atoms with E-state index >= 15 is 0 Å². The van der Waals surface area contributed by atoms with Crippen LogP contribution in [0.15, 0.2) is 0 Å². The van der Waals surface area contributed by atoms with Crippen molar-refractivity contribution in [2.24, 2.45) is 0 Å². The van der Waals surface area contributed by atoms with Gasteiger partial charge in [0.15, 0.2) is 0 Å². The summed E-state index contributed by atoms with van der Waals surface area (Å²) in [4.78, 5) is 24.5.